The highest BCUT2D eigenvalue weighted by Gasteiger charge is 2.42. The SMILES string of the molecule is O=C(Nc1cc(C2CC3CCC(C2)N3Sc2ccc(F)c(F)c2)c2cc[nH]c2n1)C1CC1. The van der Waals surface area contributed by atoms with E-state index in [0.29, 0.717) is 23.8 Å². The summed E-state index contributed by atoms with van der Waals surface area (Å²) in [7, 11) is 0. The number of aromatic nitrogens is 2. The third kappa shape index (κ3) is 3.69. The van der Waals surface area contributed by atoms with E-state index in [1.165, 1.54) is 17.7 Å². The Balaban J connectivity index is 1.24. The van der Waals surface area contributed by atoms with Crippen LogP contribution < -0.4 is 5.32 Å². The maximum absolute atomic E-state index is 13.7. The average molecular weight is 455 g/mol. The molecule has 2 saturated heterocycles. The van der Waals surface area contributed by atoms with Gasteiger partial charge in [-0.2, -0.15) is 0 Å². The van der Waals surface area contributed by atoms with Gasteiger partial charge in [-0.05, 0) is 92.3 Å². The highest BCUT2D eigenvalue weighted by Crippen LogP contribution is 2.49. The number of halogens is 2. The van der Waals surface area contributed by atoms with E-state index in [9.17, 15) is 13.6 Å². The van der Waals surface area contributed by atoms with Crippen molar-refractivity contribution in [3.8, 4) is 0 Å². The molecule has 2 unspecified atom stereocenters. The number of carbonyl (C=O) groups is 1. The zero-order chi connectivity index (χ0) is 21.8. The minimum atomic E-state index is -0.811. The van der Waals surface area contributed by atoms with Gasteiger partial charge in [0.2, 0.25) is 5.91 Å². The summed E-state index contributed by atoms with van der Waals surface area (Å²) in [6.07, 6.45) is 8.01. The Bertz CT molecular complexity index is 1180. The first-order valence-corrected chi connectivity index (χ1v) is 12.0. The van der Waals surface area contributed by atoms with Crippen molar-refractivity contribution in [1.82, 2.24) is 14.3 Å². The Morgan fingerprint density at radius 3 is 2.56 bits per heavy atom. The predicted molar refractivity (Wildman–Crippen MR) is 120 cm³/mol. The van der Waals surface area contributed by atoms with E-state index in [4.69, 9.17) is 0 Å². The third-order valence-corrected chi connectivity index (χ3v) is 8.24. The fourth-order valence-electron chi connectivity index (χ4n) is 5.23. The Hall–Kier alpha value is -2.45. The van der Waals surface area contributed by atoms with Crippen LogP contribution in [0.5, 0.6) is 0 Å². The summed E-state index contributed by atoms with van der Waals surface area (Å²) in [6, 6.07) is 9.01. The number of benzene rings is 1. The van der Waals surface area contributed by atoms with Gasteiger partial charge in [-0.3, -0.25) is 4.79 Å². The predicted octanol–water partition coefficient (Wildman–Crippen LogP) is 5.61. The number of nitrogens with zero attached hydrogens (tertiary/aromatic N) is 2. The number of hydrogen-bond acceptors (Lipinski definition) is 4. The molecule has 8 heteroatoms. The summed E-state index contributed by atoms with van der Waals surface area (Å²) < 4.78 is 29.4. The maximum atomic E-state index is 13.7. The fraction of sp³-hybridized carbons (Fsp3) is 0.417. The van der Waals surface area contributed by atoms with E-state index in [2.05, 4.69) is 31.7 Å². The number of piperidine rings is 1. The van der Waals surface area contributed by atoms with Gasteiger partial charge in [0.1, 0.15) is 11.5 Å². The van der Waals surface area contributed by atoms with Gasteiger partial charge in [-0.25, -0.2) is 18.1 Å². The molecule has 0 radical (unpaired) electrons. The Labute approximate surface area is 189 Å². The van der Waals surface area contributed by atoms with Gasteiger partial charge in [0.05, 0.1) is 0 Å². The van der Waals surface area contributed by atoms with Crippen molar-refractivity contribution in [3.05, 3.63) is 53.7 Å². The van der Waals surface area contributed by atoms with E-state index in [1.54, 1.807) is 18.0 Å². The smallest absolute Gasteiger partial charge is 0.228 e. The van der Waals surface area contributed by atoms with Gasteiger partial charge in [0.25, 0.3) is 0 Å². The zero-order valence-electron chi connectivity index (χ0n) is 17.5. The van der Waals surface area contributed by atoms with Gasteiger partial charge in [0.15, 0.2) is 11.6 Å². The van der Waals surface area contributed by atoms with E-state index in [0.717, 1.165) is 54.5 Å². The normalized spacial score (nSPS) is 25.4. The van der Waals surface area contributed by atoms with E-state index in [1.807, 2.05) is 6.20 Å². The number of rotatable bonds is 5. The van der Waals surface area contributed by atoms with Crippen LogP contribution in [-0.4, -0.2) is 32.3 Å². The van der Waals surface area contributed by atoms with Gasteiger partial charge < -0.3 is 10.3 Å². The Morgan fingerprint density at radius 1 is 1.06 bits per heavy atom. The van der Waals surface area contributed by atoms with E-state index >= 15 is 0 Å². The summed E-state index contributed by atoms with van der Waals surface area (Å²) >= 11 is 1.54. The average Bonchev–Trinajstić information content (AvgIpc) is 3.48. The molecule has 3 aromatic rings. The van der Waals surface area contributed by atoms with Crippen molar-refractivity contribution in [3.63, 3.8) is 0 Å². The first-order valence-electron chi connectivity index (χ1n) is 11.3. The number of amides is 1. The number of aromatic amines is 1. The molecule has 1 amide bonds. The lowest BCUT2D eigenvalue weighted by molar-refractivity contribution is -0.117. The van der Waals surface area contributed by atoms with Crippen molar-refractivity contribution in [2.75, 3.05) is 5.32 Å². The summed E-state index contributed by atoms with van der Waals surface area (Å²) in [5, 5.41) is 4.12. The largest absolute Gasteiger partial charge is 0.346 e. The van der Waals surface area contributed by atoms with Crippen LogP contribution in [0.2, 0.25) is 0 Å². The summed E-state index contributed by atoms with van der Waals surface area (Å²) in [5.41, 5.74) is 2.04. The van der Waals surface area contributed by atoms with Gasteiger partial charge >= 0.3 is 0 Å². The van der Waals surface area contributed by atoms with Crippen LogP contribution in [0, 0.1) is 17.6 Å². The lowest BCUT2D eigenvalue weighted by atomic mass is 9.85. The molecule has 166 valence electrons. The third-order valence-electron chi connectivity index (χ3n) is 6.97. The molecule has 3 fully saturated rings. The summed E-state index contributed by atoms with van der Waals surface area (Å²) in [6.45, 7) is 0. The van der Waals surface area contributed by atoms with Crippen molar-refractivity contribution in [2.45, 2.75) is 61.4 Å². The Kier molecular flexibility index (Phi) is 4.95. The number of H-pyrrole nitrogens is 1. The molecule has 1 aliphatic carbocycles. The molecule has 0 spiro atoms. The van der Waals surface area contributed by atoms with Gasteiger partial charge in [-0.1, -0.05) is 0 Å². The molecule has 32 heavy (non-hydrogen) atoms. The fourth-order valence-corrected chi connectivity index (χ4v) is 6.44. The second kappa shape index (κ2) is 7.85. The van der Waals surface area contributed by atoms with E-state index < -0.39 is 11.6 Å². The number of anilines is 1. The molecular formula is C24H24F2N4OS. The first-order chi connectivity index (χ1) is 15.5. The molecule has 4 heterocycles. The number of hydrogen-bond donors (Lipinski definition) is 2. The van der Waals surface area contributed by atoms with Crippen LogP contribution in [0.4, 0.5) is 14.6 Å². The van der Waals surface area contributed by atoms with Crippen LogP contribution in [0.25, 0.3) is 11.0 Å². The molecule has 2 N–H and O–H groups in total. The quantitative estimate of drug-likeness (QED) is 0.492. The van der Waals surface area contributed by atoms with Crippen LogP contribution >= 0.6 is 11.9 Å². The number of fused-ring (bicyclic) bond motifs is 3. The zero-order valence-corrected chi connectivity index (χ0v) is 18.3. The van der Waals surface area contributed by atoms with Crippen LogP contribution in [0.1, 0.15) is 50.0 Å². The van der Waals surface area contributed by atoms with Gasteiger partial charge in [-0.15, -0.1) is 0 Å². The molecule has 3 aliphatic rings. The minimum absolute atomic E-state index is 0.0622. The minimum Gasteiger partial charge on any atom is -0.346 e. The van der Waals surface area contributed by atoms with Crippen LogP contribution in [0.15, 0.2) is 41.4 Å². The summed E-state index contributed by atoms with van der Waals surface area (Å²) in [4.78, 5) is 20.8. The molecule has 2 aromatic heterocycles. The standard InChI is InChI=1S/C24H24F2N4OS/c25-20-6-5-17(11-21(20)26)32-30-15-3-4-16(30)10-14(9-15)19-12-22(29-24(31)13-1-2-13)28-23-18(19)7-8-27-23/h5-8,11-16H,1-4,9-10H2,(H2,27,28,29,31). The maximum Gasteiger partial charge on any atom is 0.228 e. The van der Waals surface area contributed by atoms with Crippen molar-refractivity contribution >= 4 is 34.7 Å². The van der Waals surface area contributed by atoms with Crippen molar-refractivity contribution in [2.24, 2.45) is 5.92 Å². The molecule has 2 bridgehead atoms. The molecule has 1 aromatic carbocycles. The number of pyridine rings is 1. The lowest BCUT2D eigenvalue weighted by Gasteiger charge is -2.38. The molecule has 2 aliphatic heterocycles. The van der Waals surface area contributed by atoms with Crippen molar-refractivity contribution in [1.29, 1.82) is 0 Å². The van der Waals surface area contributed by atoms with Crippen LogP contribution in [0.3, 0.4) is 0 Å². The number of carbonyl (C=O) groups excluding carboxylic acids is 1. The van der Waals surface area contributed by atoms with Gasteiger partial charge in [0, 0.05) is 34.5 Å². The lowest BCUT2D eigenvalue weighted by Crippen LogP contribution is -2.37. The second-order valence-electron chi connectivity index (χ2n) is 9.18. The number of nitrogens with one attached hydrogen (secondary N) is 2. The molecule has 1 saturated carbocycles. The van der Waals surface area contributed by atoms with E-state index in [-0.39, 0.29) is 11.8 Å². The monoisotopic (exact) mass is 454 g/mol. The Morgan fingerprint density at radius 2 is 1.84 bits per heavy atom. The molecular weight excluding hydrogens is 430 g/mol. The molecule has 5 nitrogen and oxygen atoms in total. The highest BCUT2D eigenvalue weighted by atomic mass is 32.2. The summed E-state index contributed by atoms with van der Waals surface area (Å²) in [5.74, 6) is -0.428. The molecule has 2 atom stereocenters. The topological polar surface area (TPSA) is 61.0 Å². The molecule has 6 rings (SSSR count). The first kappa shape index (κ1) is 20.2. The van der Waals surface area contributed by atoms with Crippen LogP contribution in [-0.2, 0) is 4.79 Å². The van der Waals surface area contributed by atoms with Crippen molar-refractivity contribution < 1.29 is 13.6 Å². The highest BCUT2D eigenvalue weighted by molar-refractivity contribution is 7.97. The second-order valence-corrected chi connectivity index (χ2v) is 10.3.